The highest BCUT2D eigenvalue weighted by Gasteiger charge is 2.17. The number of aryl methyl sites for hydroxylation is 1. The van der Waals surface area contributed by atoms with Crippen molar-refractivity contribution in [2.75, 3.05) is 5.32 Å². The lowest BCUT2D eigenvalue weighted by Crippen LogP contribution is -2.30. The minimum absolute atomic E-state index is 0.322. The van der Waals surface area contributed by atoms with Crippen molar-refractivity contribution in [2.24, 2.45) is 0 Å². The maximum atomic E-state index is 12.5. The van der Waals surface area contributed by atoms with Gasteiger partial charge in [-0.15, -0.1) is 11.3 Å². The van der Waals surface area contributed by atoms with E-state index in [0.717, 1.165) is 26.7 Å². The lowest BCUT2D eigenvalue weighted by atomic mass is 10.1. The van der Waals surface area contributed by atoms with Crippen molar-refractivity contribution in [3.63, 3.8) is 0 Å². The molecular formula is C22H17BrN2O4S. The molecule has 0 spiro atoms. The summed E-state index contributed by atoms with van der Waals surface area (Å²) in [5, 5.41) is 5.98. The van der Waals surface area contributed by atoms with Crippen molar-refractivity contribution in [3.05, 3.63) is 74.4 Å². The largest absolute Gasteiger partial charge is 0.481 e. The summed E-state index contributed by atoms with van der Waals surface area (Å²) in [5.41, 5.74) is 2.57. The summed E-state index contributed by atoms with van der Waals surface area (Å²) in [7, 11) is 0. The number of aromatic nitrogens is 1. The minimum Gasteiger partial charge on any atom is -0.481 e. The summed E-state index contributed by atoms with van der Waals surface area (Å²) in [6, 6.07) is 14.4. The molecule has 152 valence electrons. The number of amides is 1. The molecule has 2 aromatic carbocycles. The van der Waals surface area contributed by atoms with Crippen LogP contribution in [0.1, 0.15) is 12.5 Å². The second-order valence-electron chi connectivity index (χ2n) is 6.70. The normalized spacial score (nSPS) is 12.0. The van der Waals surface area contributed by atoms with Gasteiger partial charge in [0.15, 0.2) is 11.2 Å². The predicted octanol–water partition coefficient (Wildman–Crippen LogP) is 5.39. The van der Waals surface area contributed by atoms with Gasteiger partial charge in [0.05, 0.1) is 5.69 Å². The summed E-state index contributed by atoms with van der Waals surface area (Å²) < 4.78 is 12.0. The molecule has 0 saturated carbocycles. The zero-order valence-corrected chi connectivity index (χ0v) is 18.5. The van der Waals surface area contributed by atoms with E-state index in [2.05, 4.69) is 26.2 Å². The molecule has 8 heteroatoms. The van der Waals surface area contributed by atoms with Crippen LogP contribution in [0.3, 0.4) is 0 Å². The van der Waals surface area contributed by atoms with Gasteiger partial charge in [-0.05, 0) is 43.7 Å². The van der Waals surface area contributed by atoms with Gasteiger partial charge in [-0.25, -0.2) is 9.78 Å². The number of fused-ring (bicyclic) bond motifs is 1. The number of halogens is 1. The lowest BCUT2D eigenvalue weighted by molar-refractivity contribution is -0.122. The Morgan fingerprint density at radius 2 is 1.97 bits per heavy atom. The number of ether oxygens (including phenoxy) is 1. The fourth-order valence-electron chi connectivity index (χ4n) is 2.93. The Bertz CT molecular complexity index is 1280. The number of carbonyl (C=O) groups excluding carboxylic acids is 1. The summed E-state index contributed by atoms with van der Waals surface area (Å²) in [6.45, 7) is 3.49. The highest BCUT2D eigenvalue weighted by atomic mass is 79.9. The monoisotopic (exact) mass is 484 g/mol. The molecule has 30 heavy (non-hydrogen) atoms. The van der Waals surface area contributed by atoms with Crippen LogP contribution in [-0.2, 0) is 4.79 Å². The highest BCUT2D eigenvalue weighted by molar-refractivity contribution is 9.10. The third-order valence-electron chi connectivity index (χ3n) is 4.48. The number of nitrogens with zero attached hydrogens (tertiary/aromatic N) is 1. The van der Waals surface area contributed by atoms with E-state index in [0.29, 0.717) is 16.5 Å². The molecule has 1 atom stereocenters. The van der Waals surface area contributed by atoms with Gasteiger partial charge in [0.25, 0.3) is 5.91 Å². The van der Waals surface area contributed by atoms with Crippen molar-refractivity contribution in [3.8, 4) is 17.0 Å². The van der Waals surface area contributed by atoms with Gasteiger partial charge in [-0.1, -0.05) is 28.1 Å². The van der Waals surface area contributed by atoms with E-state index in [1.165, 1.54) is 17.4 Å². The smallest absolute Gasteiger partial charge is 0.336 e. The average molecular weight is 485 g/mol. The first-order valence-electron chi connectivity index (χ1n) is 9.12. The molecule has 0 bridgehead atoms. The Morgan fingerprint density at radius 3 is 2.73 bits per heavy atom. The Balaban J connectivity index is 1.45. The van der Waals surface area contributed by atoms with Crippen molar-refractivity contribution in [2.45, 2.75) is 20.0 Å². The van der Waals surface area contributed by atoms with Crippen LogP contribution < -0.4 is 15.7 Å². The first kappa shape index (κ1) is 20.3. The number of benzene rings is 2. The zero-order chi connectivity index (χ0) is 21.3. The molecule has 1 amide bonds. The second-order valence-corrected chi connectivity index (χ2v) is 8.47. The molecule has 1 unspecified atom stereocenters. The van der Waals surface area contributed by atoms with Crippen LogP contribution in [0.2, 0.25) is 0 Å². The van der Waals surface area contributed by atoms with E-state index in [-0.39, 0.29) is 5.91 Å². The second kappa shape index (κ2) is 8.41. The summed E-state index contributed by atoms with van der Waals surface area (Å²) >= 11 is 4.75. The van der Waals surface area contributed by atoms with Crippen LogP contribution in [0.5, 0.6) is 5.75 Å². The molecule has 0 aliphatic rings. The van der Waals surface area contributed by atoms with Gasteiger partial charge < -0.3 is 9.15 Å². The number of hydrogen-bond donors (Lipinski definition) is 1. The van der Waals surface area contributed by atoms with Gasteiger partial charge >= 0.3 is 5.63 Å². The van der Waals surface area contributed by atoms with Crippen LogP contribution in [0.15, 0.2) is 67.6 Å². The first-order valence-corrected chi connectivity index (χ1v) is 10.8. The average Bonchev–Trinajstić information content (AvgIpc) is 3.16. The SMILES string of the molecule is Cc1cc(=O)oc2cc(OC(C)C(=O)Nc3nc(-c4ccc(Br)cc4)cs3)ccc12. The van der Waals surface area contributed by atoms with E-state index < -0.39 is 11.7 Å². The maximum Gasteiger partial charge on any atom is 0.336 e. The van der Waals surface area contributed by atoms with Gasteiger partial charge in [0.2, 0.25) is 0 Å². The van der Waals surface area contributed by atoms with Crippen LogP contribution in [0, 0.1) is 6.92 Å². The molecule has 4 rings (SSSR count). The van der Waals surface area contributed by atoms with Crippen molar-refractivity contribution in [1.29, 1.82) is 0 Å². The highest BCUT2D eigenvalue weighted by Crippen LogP contribution is 2.27. The molecule has 0 aliphatic heterocycles. The third-order valence-corrected chi connectivity index (χ3v) is 5.77. The van der Waals surface area contributed by atoms with Gasteiger partial charge in [-0.3, -0.25) is 10.1 Å². The Morgan fingerprint density at radius 1 is 1.20 bits per heavy atom. The molecule has 4 aromatic rings. The molecule has 2 heterocycles. The molecule has 0 aliphatic carbocycles. The van der Waals surface area contributed by atoms with Crippen LogP contribution in [0.25, 0.3) is 22.2 Å². The van der Waals surface area contributed by atoms with E-state index in [1.807, 2.05) is 36.6 Å². The topological polar surface area (TPSA) is 81.4 Å². The summed E-state index contributed by atoms with van der Waals surface area (Å²) in [6.07, 6.45) is -0.765. The number of anilines is 1. The number of rotatable bonds is 5. The number of nitrogens with one attached hydrogen (secondary N) is 1. The van der Waals surface area contributed by atoms with E-state index in [9.17, 15) is 9.59 Å². The Labute approximate surface area is 184 Å². The fraction of sp³-hybridized carbons (Fsp3) is 0.136. The maximum absolute atomic E-state index is 12.5. The van der Waals surface area contributed by atoms with Gasteiger partial charge in [0.1, 0.15) is 11.3 Å². The number of carbonyl (C=O) groups is 1. The molecule has 0 radical (unpaired) electrons. The molecule has 2 aromatic heterocycles. The molecule has 6 nitrogen and oxygen atoms in total. The fourth-order valence-corrected chi connectivity index (χ4v) is 3.91. The number of thiazole rings is 1. The van der Waals surface area contributed by atoms with Gasteiger partial charge in [-0.2, -0.15) is 0 Å². The first-order chi connectivity index (χ1) is 14.4. The van der Waals surface area contributed by atoms with Crippen molar-refractivity contribution < 1.29 is 13.9 Å². The van der Waals surface area contributed by atoms with E-state index >= 15 is 0 Å². The quantitative estimate of drug-likeness (QED) is 0.383. The lowest BCUT2D eigenvalue weighted by Gasteiger charge is -2.14. The predicted molar refractivity (Wildman–Crippen MR) is 121 cm³/mol. The van der Waals surface area contributed by atoms with Crippen molar-refractivity contribution >= 4 is 49.3 Å². The third kappa shape index (κ3) is 4.44. The summed E-state index contributed by atoms with van der Waals surface area (Å²) in [5.74, 6) is 0.117. The van der Waals surface area contributed by atoms with Crippen molar-refractivity contribution in [1.82, 2.24) is 4.98 Å². The molecular weight excluding hydrogens is 468 g/mol. The molecule has 0 fully saturated rings. The van der Waals surface area contributed by atoms with Gasteiger partial charge in [0, 0.05) is 32.9 Å². The van der Waals surface area contributed by atoms with E-state index in [1.54, 1.807) is 25.1 Å². The Hall–Kier alpha value is -2.97. The minimum atomic E-state index is -0.765. The Kier molecular flexibility index (Phi) is 5.69. The standard InChI is InChI=1S/C22H17BrN2O4S/c1-12-9-20(26)29-19-10-16(7-8-17(12)19)28-13(2)21(27)25-22-24-18(11-30-22)14-3-5-15(23)6-4-14/h3-11,13H,1-2H3,(H,24,25,27). The number of hydrogen-bond acceptors (Lipinski definition) is 6. The molecule has 1 N–H and O–H groups in total. The van der Waals surface area contributed by atoms with Crippen LogP contribution in [-0.4, -0.2) is 17.0 Å². The summed E-state index contributed by atoms with van der Waals surface area (Å²) in [4.78, 5) is 28.6. The van der Waals surface area contributed by atoms with E-state index in [4.69, 9.17) is 9.15 Å². The van der Waals surface area contributed by atoms with Crippen LogP contribution in [0.4, 0.5) is 5.13 Å². The molecule has 0 saturated heterocycles. The van der Waals surface area contributed by atoms with Crippen LogP contribution >= 0.6 is 27.3 Å². The zero-order valence-electron chi connectivity index (χ0n) is 16.1.